The molecule has 38 nitrogen and oxygen atoms in total. The van der Waals surface area contributed by atoms with E-state index in [0.29, 0.717) is 170 Å². The van der Waals surface area contributed by atoms with Gasteiger partial charge in [0.15, 0.2) is 39.9 Å². The van der Waals surface area contributed by atoms with Gasteiger partial charge in [0.25, 0.3) is 0 Å². The van der Waals surface area contributed by atoms with Crippen molar-refractivity contribution in [2.45, 2.75) is 25.6 Å². The van der Waals surface area contributed by atoms with Gasteiger partial charge in [0.2, 0.25) is 0 Å². The van der Waals surface area contributed by atoms with E-state index in [0.717, 1.165) is 52.0 Å². The van der Waals surface area contributed by atoms with Gasteiger partial charge in [-0.05, 0) is 120 Å². The van der Waals surface area contributed by atoms with E-state index >= 15 is 0 Å². The van der Waals surface area contributed by atoms with Crippen LogP contribution in [0.25, 0.3) is 82.2 Å². The van der Waals surface area contributed by atoms with Crippen molar-refractivity contribution in [3.8, 4) is 93.2 Å². The van der Waals surface area contributed by atoms with Crippen LogP contribution >= 0.6 is 0 Å². The maximum atomic E-state index is 12.5. The molecule has 17 aromatic rings. The lowest BCUT2D eigenvalue weighted by atomic mass is 9.98. The van der Waals surface area contributed by atoms with Gasteiger partial charge in [-0.3, -0.25) is 34.7 Å². The number of anilines is 8. The van der Waals surface area contributed by atoms with Gasteiger partial charge in [0, 0.05) is 167 Å². The number of methoxy groups -OCH3 is 6. The van der Waals surface area contributed by atoms with Gasteiger partial charge in [0.1, 0.15) is 53.0 Å². The smallest absolute Gasteiger partial charge is 0.507 e. The summed E-state index contributed by atoms with van der Waals surface area (Å²) in [6.07, 6.45) is 8.54. The summed E-state index contributed by atoms with van der Waals surface area (Å²) in [6.45, 7) is 2.98. The Kier molecular flexibility index (Phi) is 35.7. The van der Waals surface area contributed by atoms with Crippen LogP contribution in [0.3, 0.4) is 0 Å². The third kappa shape index (κ3) is 25.6. The molecule has 0 aliphatic heterocycles. The molecular formula is C109H87F3N16O22. The minimum atomic E-state index is -4.88. The van der Waals surface area contributed by atoms with E-state index in [-0.39, 0.29) is 67.0 Å². The molecule has 17 rings (SSSR count). The lowest BCUT2D eigenvalue weighted by Gasteiger charge is -2.16. The SMILES string of the molecule is COCCCOc1cc2ncc(C#N)c(-n3ccc(=O)c(C(=O)O)c3)c2cc1OC.COCCCOc1cc2ncc(C#N)c(Nc3cccc(O)c3C(=O)O)c2cc1OC.COCCCOc1cc2ncc(C#N)c(Nc3ccccc3C(=O)O)c2cc1OC.N#Cc1cnc2ccc(-c3cccc4ncccc34)cc2c1Nc1ccccc1C(=O)O.N#Cc1cnc2ccc(OC(F)(F)F)cc2c1Nc1ccccc1C(=O)O. The molecule has 10 N–H and O–H groups in total. The van der Waals surface area contributed by atoms with Crippen molar-refractivity contribution in [2.24, 2.45) is 0 Å². The summed E-state index contributed by atoms with van der Waals surface area (Å²) >= 11 is 0. The van der Waals surface area contributed by atoms with Crippen molar-refractivity contribution in [3.63, 3.8) is 0 Å². The fourth-order valence-electron chi connectivity index (χ4n) is 15.4. The molecule has 41 heteroatoms. The molecule has 0 atom stereocenters. The van der Waals surface area contributed by atoms with Crippen molar-refractivity contribution in [3.05, 3.63) is 316 Å². The van der Waals surface area contributed by atoms with Crippen molar-refractivity contribution in [1.29, 1.82) is 26.3 Å². The Hall–Kier alpha value is -20.3. The first-order valence-electron chi connectivity index (χ1n) is 44.9. The van der Waals surface area contributed by atoms with Crippen molar-refractivity contribution in [2.75, 3.05) is 104 Å². The van der Waals surface area contributed by atoms with E-state index < -0.39 is 58.7 Å². The largest absolute Gasteiger partial charge is 0.573 e. The zero-order valence-electron chi connectivity index (χ0n) is 80.3. The van der Waals surface area contributed by atoms with Crippen LogP contribution in [0, 0.1) is 56.7 Å². The Morgan fingerprint density at radius 1 is 0.367 bits per heavy atom. The van der Waals surface area contributed by atoms with Crippen molar-refractivity contribution < 1.29 is 115 Å². The Labute approximate surface area is 850 Å². The number of hydrogen-bond acceptors (Lipinski definition) is 32. The van der Waals surface area contributed by atoms with E-state index in [1.807, 2.05) is 54.6 Å². The first kappa shape index (κ1) is 107. The topological polar surface area (TPSA) is 565 Å². The molecule has 0 saturated carbocycles. The monoisotopic (exact) mass is 2030 g/mol. The number of alkyl halides is 3. The molecule has 0 saturated heterocycles. The van der Waals surface area contributed by atoms with Crippen LogP contribution in [0.1, 0.15) is 98.9 Å². The van der Waals surface area contributed by atoms with Crippen LogP contribution in [0.15, 0.2) is 255 Å². The molecule has 7 aromatic heterocycles. The van der Waals surface area contributed by atoms with Gasteiger partial charge in [-0.2, -0.15) is 26.3 Å². The summed E-state index contributed by atoms with van der Waals surface area (Å²) in [5, 5.41) is 120. The second-order valence-electron chi connectivity index (χ2n) is 31.7. The predicted octanol–water partition coefficient (Wildman–Crippen LogP) is 20.2. The molecule has 0 spiro atoms. The molecule has 0 bridgehead atoms. The number of para-hydroxylation sites is 3. The highest BCUT2D eigenvalue weighted by Gasteiger charge is 2.32. The molecule has 756 valence electrons. The highest BCUT2D eigenvalue weighted by molar-refractivity contribution is 6.07. The fourth-order valence-corrected chi connectivity index (χ4v) is 15.4. The minimum Gasteiger partial charge on any atom is -0.507 e. The van der Waals surface area contributed by atoms with Gasteiger partial charge in [-0.25, -0.2) is 24.0 Å². The molecule has 7 heterocycles. The Balaban J connectivity index is 0.000000156. The Morgan fingerprint density at radius 3 is 1.17 bits per heavy atom. The molecule has 0 fully saturated rings. The fraction of sp³-hybridized carbons (Fsp3) is 0.147. The van der Waals surface area contributed by atoms with E-state index in [4.69, 9.17) is 42.6 Å². The Bertz CT molecular complexity index is 8310. The van der Waals surface area contributed by atoms with Crippen LogP contribution in [0.5, 0.6) is 46.0 Å². The number of halogens is 3. The second-order valence-corrected chi connectivity index (χ2v) is 31.7. The summed E-state index contributed by atoms with van der Waals surface area (Å²) in [5.41, 5.74) is 8.22. The number of aromatic carboxylic acids is 5. The van der Waals surface area contributed by atoms with Gasteiger partial charge in [-0.15, -0.1) is 13.2 Å². The third-order valence-corrected chi connectivity index (χ3v) is 22.4. The number of carboxylic acid groups (broad SMARTS) is 5. The molecule has 0 amide bonds. The van der Waals surface area contributed by atoms with Crippen LogP contribution in [0.4, 0.5) is 58.7 Å². The highest BCUT2D eigenvalue weighted by atomic mass is 19.4. The number of nitrogens with zero attached hydrogens (tertiary/aromatic N) is 12. The number of benzene rings is 10. The summed E-state index contributed by atoms with van der Waals surface area (Å²) in [4.78, 5) is 95.3. The summed E-state index contributed by atoms with van der Waals surface area (Å²) < 4.78 is 91.6. The average Bonchev–Trinajstić information content (AvgIpc) is 0.785. The van der Waals surface area contributed by atoms with Gasteiger partial charge in [0.05, 0.1) is 170 Å². The van der Waals surface area contributed by atoms with Gasteiger partial charge in [-0.1, -0.05) is 66.7 Å². The number of aromatic hydroxyl groups is 1. The molecular weight excluding hydrogens is 1940 g/mol. The number of carbonyl (C=O) groups is 5. The number of carboxylic acids is 5. The van der Waals surface area contributed by atoms with Gasteiger partial charge >= 0.3 is 36.2 Å². The number of pyridine rings is 7. The van der Waals surface area contributed by atoms with Crippen LogP contribution < -0.4 is 59.9 Å². The number of fused-ring (bicyclic) bond motifs is 6. The molecule has 0 aliphatic carbocycles. The zero-order chi connectivity index (χ0) is 107. The quantitative estimate of drug-likeness (QED) is 0.0167. The molecule has 0 unspecified atom stereocenters. The number of phenols is 1. The number of hydrogen-bond donors (Lipinski definition) is 10. The lowest BCUT2D eigenvalue weighted by Crippen LogP contribution is -2.17. The minimum absolute atomic E-state index is 0.0341. The van der Waals surface area contributed by atoms with E-state index in [9.17, 15) is 98.9 Å². The molecule has 10 aromatic carbocycles. The lowest BCUT2D eigenvalue weighted by molar-refractivity contribution is -0.274. The van der Waals surface area contributed by atoms with E-state index in [2.05, 4.69) is 80.2 Å². The molecule has 0 aliphatic rings. The number of nitrogens with one attached hydrogen (secondary N) is 4. The normalized spacial score (nSPS) is 10.6. The summed E-state index contributed by atoms with van der Waals surface area (Å²) in [7, 11) is 9.37. The van der Waals surface area contributed by atoms with Crippen LogP contribution in [-0.4, -0.2) is 184 Å². The standard InChI is InChI=1S/C26H16N4O2.C22H21N3O6.C22H21N3O5.C21H19N3O6.C18H10F3N3O3/c27-14-17-15-29-23-11-10-16(18-6-3-9-22-19(18)7-4-12-28-22)13-21(23)25(17)30-24-8-2-1-5-20(24)26(31)32;1-29-7-4-8-31-19-10-16-14(9-18(19)30-2)21(13(11-23)12-24-16)25-15-5-3-6-17(26)20(15)22(27)28;1-28-8-5-9-30-20-11-18-16(10-19(20)29-2)21(14(12-23)13-24-18)25-17-7-4-3-6-15(17)22(26)27;1-28-6-3-7-30-19-9-16-14(8-18(19)29-2)20(13(10-22)11-23-16)24-5-4-17(25)15(12-24)21(26)27;19-18(20,21)27-11-5-6-14-13(7-11)16(10(8-22)9-23-14)24-15-4-2-1-3-12(15)17(25)26/h1-13,15H,(H,29,30)(H,31,32);3,5-6,9-10,12,26H,4,7-8H2,1-2H3,(H,24,25)(H,27,28);3-4,6-7,10-11,13H,5,8-9H2,1-2H3,(H,24,25)(H,26,27);4-5,8-9,11-12H,3,6-7H2,1-2H3,(H,26,27);1-7,9H,(H,23,24)(H,25,26). The van der Waals surface area contributed by atoms with Crippen molar-refractivity contribution in [1.82, 2.24) is 34.5 Å². The maximum absolute atomic E-state index is 12.5. The molecule has 150 heavy (non-hydrogen) atoms. The van der Waals surface area contributed by atoms with E-state index in [1.54, 1.807) is 106 Å². The Morgan fingerprint density at radius 2 is 0.747 bits per heavy atom. The number of ether oxygens (including phenoxy) is 10. The number of nitriles is 5. The second kappa shape index (κ2) is 50.1. The predicted molar refractivity (Wildman–Crippen MR) is 546 cm³/mol. The third-order valence-electron chi connectivity index (χ3n) is 22.4. The molecule has 0 radical (unpaired) electrons. The first-order valence-corrected chi connectivity index (χ1v) is 44.9. The zero-order valence-corrected chi connectivity index (χ0v) is 80.3. The maximum Gasteiger partial charge on any atom is 0.573 e. The highest BCUT2D eigenvalue weighted by Crippen LogP contribution is 2.44. The number of rotatable bonds is 34. The average molecular weight is 2030 g/mol. The number of aromatic nitrogens is 7. The van der Waals surface area contributed by atoms with E-state index in [1.165, 1.54) is 124 Å². The summed E-state index contributed by atoms with van der Waals surface area (Å²) in [5.74, 6) is -4.02. The van der Waals surface area contributed by atoms with Gasteiger partial charge < -0.3 is 104 Å². The van der Waals surface area contributed by atoms with Crippen LogP contribution in [-0.2, 0) is 14.2 Å². The van der Waals surface area contributed by atoms with Crippen molar-refractivity contribution >= 4 is 141 Å². The summed E-state index contributed by atoms with van der Waals surface area (Å²) in [6, 6.07) is 64.1. The van der Waals surface area contributed by atoms with Crippen LogP contribution in [0.2, 0.25) is 0 Å². The first-order chi connectivity index (χ1) is 72.5.